The molecule has 0 fully saturated rings. The van der Waals surface area contributed by atoms with Gasteiger partial charge >= 0.3 is 0 Å². The third-order valence-electron chi connectivity index (χ3n) is 5.75. The number of halogens is 3. The predicted molar refractivity (Wildman–Crippen MR) is 145 cm³/mol. The molecule has 0 unspecified atom stereocenters. The zero-order chi connectivity index (χ0) is 25.5. The van der Waals surface area contributed by atoms with Gasteiger partial charge in [-0.15, -0.1) is 0 Å². The van der Waals surface area contributed by atoms with Gasteiger partial charge in [0.1, 0.15) is 12.4 Å². The standard InChI is InChI=1S/C27H25BrCl2N2O4/c28-23-5-2-1-4-19(23)15-27(26(34)31-16-20-6-9-21(29)14-24(20)30)17-36-25(32-27)18-7-10-22(11-8-18)35-13-3-12-33/h1-2,4-11,14,33H,3,12-13,15-17H2,(H,31,34)/t27-/m1/s1. The van der Waals surface area contributed by atoms with Crippen LogP contribution in [0.5, 0.6) is 5.75 Å². The summed E-state index contributed by atoms with van der Waals surface area (Å²) < 4.78 is 12.5. The topological polar surface area (TPSA) is 80.2 Å². The van der Waals surface area contributed by atoms with Crippen LogP contribution in [0.15, 0.2) is 76.2 Å². The molecule has 3 aromatic carbocycles. The Morgan fingerprint density at radius 2 is 1.89 bits per heavy atom. The molecule has 1 atom stereocenters. The highest BCUT2D eigenvalue weighted by molar-refractivity contribution is 9.10. The molecule has 188 valence electrons. The van der Waals surface area contributed by atoms with Gasteiger partial charge in [0, 0.05) is 46.1 Å². The maximum Gasteiger partial charge on any atom is 0.252 e. The van der Waals surface area contributed by atoms with E-state index in [4.69, 9.17) is 42.8 Å². The van der Waals surface area contributed by atoms with Crippen molar-refractivity contribution in [3.05, 3.63) is 97.9 Å². The Bertz CT molecular complexity index is 1250. The molecular formula is C27H25BrCl2N2O4. The van der Waals surface area contributed by atoms with Crippen molar-refractivity contribution in [1.82, 2.24) is 5.32 Å². The third kappa shape index (κ3) is 6.40. The summed E-state index contributed by atoms with van der Waals surface area (Å²) in [6, 6.07) is 20.2. The summed E-state index contributed by atoms with van der Waals surface area (Å²) >= 11 is 15.9. The van der Waals surface area contributed by atoms with Crippen molar-refractivity contribution in [1.29, 1.82) is 0 Å². The Kier molecular flexibility index (Phi) is 8.90. The molecule has 3 aromatic rings. The number of hydrogen-bond donors (Lipinski definition) is 2. The third-order valence-corrected chi connectivity index (χ3v) is 7.11. The molecular weight excluding hydrogens is 567 g/mol. The Morgan fingerprint density at radius 1 is 1.11 bits per heavy atom. The second-order valence-electron chi connectivity index (χ2n) is 8.37. The van der Waals surface area contributed by atoms with Crippen LogP contribution in [0, 0.1) is 0 Å². The average molecular weight is 592 g/mol. The monoisotopic (exact) mass is 590 g/mol. The SMILES string of the molecule is O=C(NCc1ccc(Cl)cc1Cl)[C@@]1(Cc2ccccc2Br)COC(c2ccc(OCCCO)cc2)=N1. The Morgan fingerprint density at radius 3 is 2.61 bits per heavy atom. The number of rotatable bonds is 10. The highest BCUT2D eigenvalue weighted by atomic mass is 79.9. The van der Waals surface area contributed by atoms with Gasteiger partial charge in [0.2, 0.25) is 5.90 Å². The van der Waals surface area contributed by atoms with E-state index in [9.17, 15) is 4.79 Å². The van der Waals surface area contributed by atoms with Crippen LogP contribution >= 0.6 is 39.1 Å². The first kappa shape index (κ1) is 26.5. The van der Waals surface area contributed by atoms with E-state index in [0.717, 1.165) is 21.2 Å². The second-order valence-corrected chi connectivity index (χ2v) is 10.1. The number of carbonyl (C=O) groups is 1. The molecule has 0 aromatic heterocycles. The van der Waals surface area contributed by atoms with Crippen molar-refractivity contribution in [3.63, 3.8) is 0 Å². The molecule has 9 heteroatoms. The molecule has 6 nitrogen and oxygen atoms in total. The van der Waals surface area contributed by atoms with Gasteiger partial charge in [0.05, 0.1) is 6.61 Å². The fraction of sp³-hybridized carbons (Fsp3) is 0.259. The van der Waals surface area contributed by atoms with Crippen LogP contribution < -0.4 is 10.1 Å². The predicted octanol–water partition coefficient (Wildman–Crippen LogP) is 5.59. The van der Waals surface area contributed by atoms with Crippen LogP contribution in [0.4, 0.5) is 0 Å². The van der Waals surface area contributed by atoms with Crippen LogP contribution in [0.25, 0.3) is 0 Å². The number of carbonyl (C=O) groups excluding carboxylic acids is 1. The number of nitrogens with zero attached hydrogens (tertiary/aromatic N) is 1. The molecule has 0 radical (unpaired) electrons. The minimum atomic E-state index is -1.16. The highest BCUT2D eigenvalue weighted by Crippen LogP contribution is 2.30. The van der Waals surface area contributed by atoms with E-state index < -0.39 is 5.54 Å². The van der Waals surface area contributed by atoms with Gasteiger partial charge in [-0.2, -0.15) is 0 Å². The van der Waals surface area contributed by atoms with Crippen molar-refractivity contribution < 1.29 is 19.4 Å². The van der Waals surface area contributed by atoms with Crippen LogP contribution in [0.1, 0.15) is 23.1 Å². The lowest BCUT2D eigenvalue weighted by atomic mass is 9.91. The van der Waals surface area contributed by atoms with Crippen molar-refractivity contribution >= 4 is 50.9 Å². The molecule has 36 heavy (non-hydrogen) atoms. The van der Waals surface area contributed by atoms with E-state index in [1.165, 1.54) is 0 Å². The lowest BCUT2D eigenvalue weighted by Gasteiger charge is -2.24. The zero-order valence-corrected chi connectivity index (χ0v) is 22.4. The first-order valence-electron chi connectivity index (χ1n) is 11.4. The Balaban J connectivity index is 1.57. The first-order valence-corrected chi connectivity index (χ1v) is 13.0. The summed E-state index contributed by atoms with van der Waals surface area (Å²) in [5, 5.41) is 12.9. The summed E-state index contributed by atoms with van der Waals surface area (Å²) in [6.07, 6.45) is 0.909. The van der Waals surface area contributed by atoms with E-state index in [1.54, 1.807) is 18.2 Å². The molecule has 4 rings (SSSR count). The van der Waals surface area contributed by atoms with E-state index in [2.05, 4.69) is 21.2 Å². The largest absolute Gasteiger partial charge is 0.494 e. The minimum Gasteiger partial charge on any atom is -0.494 e. The smallest absolute Gasteiger partial charge is 0.252 e. The molecule has 1 aliphatic heterocycles. The van der Waals surface area contributed by atoms with Gasteiger partial charge in [-0.05, 0) is 53.6 Å². The molecule has 0 bridgehead atoms. The molecule has 2 N–H and O–H groups in total. The van der Waals surface area contributed by atoms with Gasteiger partial charge in [0.25, 0.3) is 5.91 Å². The molecule has 0 saturated carbocycles. The molecule has 1 heterocycles. The number of benzene rings is 3. The van der Waals surface area contributed by atoms with E-state index in [-0.39, 0.29) is 25.7 Å². The van der Waals surface area contributed by atoms with Gasteiger partial charge in [0.15, 0.2) is 5.54 Å². The van der Waals surface area contributed by atoms with Crippen molar-refractivity contribution in [2.24, 2.45) is 4.99 Å². The quantitative estimate of drug-likeness (QED) is 0.301. The van der Waals surface area contributed by atoms with Crippen molar-refractivity contribution in [3.8, 4) is 5.75 Å². The van der Waals surface area contributed by atoms with Crippen LogP contribution in [0.2, 0.25) is 10.0 Å². The van der Waals surface area contributed by atoms with Crippen LogP contribution in [-0.2, 0) is 22.5 Å². The highest BCUT2D eigenvalue weighted by Gasteiger charge is 2.44. The van der Waals surface area contributed by atoms with Gasteiger partial charge in [-0.1, -0.05) is 63.4 Å². The molecule has 1 aliphatic rings. The summed E-state index contributed by atoms with van der Waals surface area (Å²) in [6.45, 7) is 0.838. The number of ether oxygens (including phenoxy) is 2. The first-order chi connectivity index (χ1) is 17.4. The number of nitrogens with one attached hydrogen (secondary N) is 1. The lowest BCUT2D eigenvalue weighted by molar-refractivity contribution is -0.126. The maximum atomic E-state index is 13.6. The van der Waals surface area contributed by atoms with Gasteiger partial charge < -0.3 is 19.9 Å². The molecule has 0 aliphatic carbocycles. The van der Waals surface area contributed by atoms with E-state index in [0.29, 0.717) is 41.1 Å². The summed E-state index contributed by atoms with van der Waals surface area (Å²) in [5.41, 5.74) is 1.28. The minimum absolute atomic E-state index is 0.0780. The number of aliphatic imine (C=N–C) groups is 1. The van der Waals surface area contributed by atoms with Crippen molar-refractivity contribution in [2.75, 3.05) is 19.8 Å². The van der Waals surface area contributed by atoms with Crippen LogP contribution in [0.3, 0.4) is 0 Å². The fourth-order valence-electron chi connectivity index (χ4n) is 3.79. The van der Waals surface area contributed by atoms with Crippen molar-refractivity contribution in [2.45, 2.75) is 24.9 Å². The maximum absolute atomic E-state index is 13.6. The number of amides is 1. The Labute approximate surface area is 228 Å². The summed E-state index contributed by atoms with van der Waals surface area (Å²) in [4.78, 5) is 18.4. The molecule has 0 saturated heterocycles. The molecule has 1 amide bonds. The number of aliphatic hydroxyl groups excluding tert-OH is 1. The zero-order valence-electron chi connectivity index (χ0n) is 19.3. The normalized spacial score (nSPS) is 16.8. The van der Waals surface area contributed by atoms with E-state index in [1.807, 2.05) is 48.5 Å². The average Bonchev–Trinajstić information content (AvgIpc) is 3.31. The van der Waals surface area contributed by atoms with E-state index >= 15 is 0 Å². The summed E-state index contributed by atoms with van der Waals surface area (Å²) in [5.74, 6) is 0.815. The lowest BCUT2D eigenvalue weighted by Crippen LogP contribution is -2.48. The Hall–Kier alpha value is -2.58. The fourth-order valence-corrected chi connectivity index (χ4v) is 4.69. The van der Waals surface area contributed by atoms with Gasteiger partial charge in [-0.25, -0.2) is 4.99 Å². The number of hydrogen-bond acceptors (Lipinski definition) is 5. The second kappa shape index (κ2) is 12.1. The summed E-state index contributed by atoms with van der Waals surface area (Å²) in [7, 11) is 0. The van der Waals surface area contributed by atoms with Gasteiger partial charge in [-0.3, -0.25) is 4.79 Å². The van der Waals surface area contributed by atoms with Crippen LogP contribution in [-0.4, -0.2) is 42.3 Å². The number of aliphatic hydroxyl groups is 1. The molecule has 0 spiro atoms.